The highest BCUT2D eigenvalue weighted by molar-refractivity contribution is 8.02. The van der Waals surface area contributed by atoms with Gasteiger partial charge in [-0.05, 0) is 36.5 Å². The first-order valence-electron chi connectivity index (χ1n) is 4.95. The lowest BCUT2D eigenvalue weighted by Crippen LogP contribution is -2.30. The minimum absolute atomic E-state index is 0.168. The van der Waals surface area contributed by atoms with Gasteiger partial charge in [0.25, 0.3) is 0 Å². The van der Waals surface area contributed by atoms with E-state index in [9.17, 15) is 8.42 Å². The van der Waals surface area contributed by atoms with Crippen LogP contribution in [0.25, 0.3) is 0 Å². The van der Waals surface area contributed by atoms with E-state index < -0.39 is 10.0 Å². The molecular weight excluding hydrogens is 242 g/mol. The molecule has 0 aromatic heterocycles. The maximum absolute atomic E-state index is 11.4. The average molecular weight is 255 g/mol. The third-order valence-electron chi connectivity index (χ3n) is 2.44. The summed E-state index contributed by atoms with van der Waals surface area (Å²) in [5.41, 5.74) is 1.75. The first-order valence-corrected chi connectivity index (χ1v) is 7.82. The van der Waals surface area contributed by atoms with Gasteiger partial charge < -0.3 is 0 Å². The Bertz CT molecular complexity index is 510. The van der Waals surface area contributed by atoms with Gasteiger partial charge >= 0.3 is 0 Å². The fraction of sp³-hybridized carbons (Fsp3) is 0.273. The van der Waals surface area contributed by atoms with Crippen LogP contribution in [0.2, 0.25) is 0 Å². The smallest absolute Gasteiger partial charge is 0.233 e. The normalized spacial score (nSPS) is 30.2. The molecule has 0 unspecified atom stereocenters. The second-order valence-corrected chi connectivity index (χ2v) is 6.30. The molecular formula is C11H13NO2S2. The number of thioether (sulfide) groups is 1. The molecule has 0 radical (unpaired) electrons. The van der Waals surface area contributed by atoms with Crippen LogP contribution in [-0.2, 0) is 10.0 Å². The Morgan fingerprint density at radius 3 is 2.81 bits per heavy atom. The summed E-state index contributed by atoms with van der Waals surface area (Å²) in [5.74, 6) is 0.168. The SMILES string of the molecule is CSC1=C/C2=C(/C=C/C=C/1)NS(=O)(=O)CC2. The van der Waals surface area contributed by atoms with Gasteiger partial charge in [0.05, 0.1) is 11.4 Å². The molecule has 0 saturated carbocycles. The number of allylic oxidation sites excluding steroid dienone is 6. The molecule has 0 saturated heterocycles. The maximum atomic E-state index is 11.4. The number of sulfonamides is 1. The van der Waals surface area contributed by atoms with Gasteiger partial charge in [-0.1, -0.05) is 12.2 Å². The van der Waals surface area contributed by atoms with Gasteiger partial charge in [0, 0.05) is 4.91 Å². The van der Waals surface area contributed by atoms with Crippen LogP contribution in [0, 0.1) is 0 Å². The Hall–Kier alpha value is -0.940. The van der Waals surface area contributed by atoms with E-state index in [2.05, 4.69) is 4.72 Å². The second-order valence-electron chi connectivity index (χ2n) is 3.58. The Labute approximate surface area is 100 Å². The van der Waals surface area contributed by atoms with Crippen molar-refractivity contribution in [3.8, 4) is 0 Å². The van der Waals surface area contributed by atoms with Gasteiger partial charge in [-0.3, -0.25) is 4.72 Å². The van der Waals surface area contributed by atoms with Crippen LogP contribution < -0.4 is 4.72 Å². The van der Waals surface area contributed by atoms with Crippen LogP contribution in [0.4, 0.5) is 0 Å². The van der Waals surface area contributed by atoms with Crippen molar-refractivity contribution in [2.75, 3.05) is 12.0 Å². The van der Waals surface area contributed by atoms with E-state index in [0.29, 0.717) is 12.1 Å². The summed E-state index contributed by atoms with van der Waals surface area (Å²) < 4.78 is 25.4. The summed E-state index contributed by atoms with van der Waals surface area (Å²) in [5, 5.41) is 0. The molecule has 0 bridgehead atoms. The van der Waals surface area contributed by atoms with E-state index in [0.717, 1.165) is 10.5 Å². The molecule has 2 aliphatic rings. The van der Waals surface area contributed by atoms with Gasteiger partial charge in [0.2, 0.25) is 10.0 Å². The summed E-state index contributed by atoms with van der Waals surface area (Å²) in [6.07, 6.45) is 12.2. The molecule has 1 N–H and O–H groups in total. The summed E-state index contributed by atoms with van der Waals surface area (Å²) in [7, 11) is -3.12. The molecule has 3 nitrogen and oxygen atoms in total. The summed E-state index contributed by atoms with van der Waals surface area (Å²) in [6.45, 7) is 0. The molecule has 0 spiro atoms. The first-order chi connectivity index (χ1) is 7.61. The molecule has 0 fully saturated rings. The van der Waals surface area contributed by atoms with E-state index in [4.69, 9.17) is 0 Å². The van der Waals surface area contributed by atoms with E-state index in [1.165, 1.54) is 0 Å². The summed E-state index contributed by atoms with van der Waals surface area (Å²) in [6, 6.07) is 0. The fourth-order valence-electron chi connectivity index (χ4n) is 1.60. The molecule has 16 heavy (non-hydrogen) atoms. The Balaban J connectivity index is 2.42. The Morgan fingerprint density at radius 2 is 2.06 bits per heavy atom. The molecule has 0 aromatic rings. The molecule has 0 atom stereocenters. The quantitative estimate of drug-likeness (QED) is 0.779. The fourth-order valence-corrected chi connectivity index (χ4v) is 3.20. The van der Waals surface area contributed by atoms with Crippen LogP contribution >= 0.6 is 11.8 Å². The highest BCUT2D eigenvalue weighted by Crippen LogP contribution is 2.24. The van der Waals surface area contributed by atoms with Crippen LogP contribution in [0.15, 0.2) is 46.6 Å². The lowest BCUT2D eigenvalue weighted by molar-refractivity contribution is 0.585. The standard InChI is InChI=1S/C11H13NO2S2/c1-15-10-4-2-3-5-11-9(8-10)6-7-16(13,14)12-11/h2-5,8,12H,6-7H2,1H3/b3-2?,4-2+,5-3+,9-8?,10-4?,10-8-,11-5?. The monoisotopic (exact) mass is 255 g/mol. The third kappa shape index (κ3) is 2.59. The molecule has 1 aliphatic heterocycles. The predicted molar refractivity (Wildman–Crippen MR) is 68.4 cm³/mol. The van der Waals surface area contributed by atoms with Crippen LogP contribution in [-0.4, -0.2) is 20.4 Å². The van der Waals surface area contributed by atoms with E-state index >= 15 is 0 Å². The van der Waals surface area contributed by atoms with Crippen LogP contribution in [0.5, 0.6) is 0 Å². The molecule has 0 aromatic carbocycles. The van der Waals surface area contributed by atoms with Gasteiger partial charge in [-0.25, -0.2) is 8.42 Å². The van der Waals surface area contributed by atoms with Crippen molar-refractivity contribution < 1.29 is 8.42 Å². The Kier molecular flexibility index (Phi) is 3.25. The molecule has 2 rings (SSSR count). The van der Waals surface area contributed by atoms with Crippen molar-refractivity contribution in [3.05, 3.63) is 46.6 Å². The zero-order valence-corrected chi connectivity index (χ0v) is 10.6. The predicted octanol–water partition coefficient (Wildman–Crippen LogP) is 1.94. The van der Waals surface area contributed by atoms with Gasteiger partial charge in [0.15, 0.2) is 0 Å². The second kappa shape index (κ2) is 4.51. The minimum atomic E-state index is -3.12. The average Bonchev–Trinajstić information content (AvgIpc) is 2.20. The van der Waals surface area contributed by atoms with Gasteiger partial charge in [-0.2, -0.15) is 0 Å². The largest absolute Gasteiger partial charge is 0.283 e. The minimum Gasteiger partial charge on any atom is -0.283 e. The van der Waals surface area contributed by atoms with E-state index in [1.54, 1.807) is 17.8 Å². The molecule has 5 heteroatoms. The zero-order valence-electron chi connectivity index (χ0n) is 8.93. The van der Waals surface area contributed by atoms with Crippen molar-refractivity contribution in [1.82, 2.24) is 4.72 Å². The molecule has 86 valence electrons. The number of hydrogen-bond donors (Lipinski definition) is 1. The number of nitrogens with one attached hydrogen (secondary N) is 1. The third-order valence-corrected chi connectivity index (χ3v) is 4.44. The van der Waals surface area contributed by atoms with Crippen LogP contribution in [0.1, 0.15) is 6.42 Å². The molecule has 1 aliphatic carbocycles. The Morgan fingerprint density at radius 1 is 1.31 bits per heavy atom. The number of hydrogen-bond acceptors (Lipinski definition) is 3. The van der Waals surface area contributed by atoms with E-state index in [1.807, 2.05) is 30.6 Å². The topological polar surface area (TPSA) is 46.2 Å². The highest BCUT2D eigenvalue weighted by Gasteiger charge is 2.20. The highest BCUT2D eigenvalue weighted by atomic mass is 32.2. The van der Waals surface area contributed by atoms with Gasteiger partial charge in [0.1, 0.15) is 0 Å². The number of rotatable bonds is 1. The van der Waals surface area contributed by atoms with Crippen molar-refractivity contribution in [2.45, 2.75) is 6.42 Å². The van der Waals surface area contributed by atoms with Crippen molar-refractivity contribution >= 4 is 21.8 Å². The molecule has 1 heterocycles. The zero-order chi connectivity index (χ0) is 11.6. The maximum Gasteiger partial charge on any atom is 0.233 e. The first kappa shape index (κ1) is 11.5. The molecule has 0 amide bonds. The van der Waals surface area contributed by atoms with Gasteiger partial charge in [-0.15, -0.1) is 11.8 Å². The van der Waals surface area contributed by atoms with Crippen molar-refractivity contribution in [2.24, 2.45) is 0 Å². The summed E-state index contributed by atoms with van der Waals surface area (Å²) >= 11 is 1.65. The lowest BCUT2D eigenvalue weighted by Gasteiger charge is -2.19. The lowest BCUT2D eigenvalue weighted by atomic mass is 10.1. The van der Waals surface area contributed by atoms with Crippen LogP contribution in [0.3, 0.4) is 0 Å². The van der Waals surface area contributed by atoms with Crippen molar-refractivity contribution in [3.63, 3.8) is 0 Å². The van der Waals surface area contributed by atoms with Crippen molar-refractivity contribution in [1.29, 1.82) is 0 Å². The van der Waals surface area contributed by atoms with E-state index in [-0.39, 0.29) is 5.75 Å². The summed E-state index contributed by atoms with van der Waals surface area (Å²) in [4.78, 5) is 1.14.